The van der Waals surface area contributed by atoms with Gasteiger partial charge in [0.15, 0.2) is 29.0 Å². The minimum atomic E-state index is 0.448. The summed E-state index contributed by atoms with van der Waals surface area (Å²) in [4.78, 5) is 32.3. The van der Waals surface area contributed by atoms with Crippen molar-refractivity contribution in [2.45, 2.75) is 0 Å². The van der Waals surface area contributed by atoms with E-state index in [-0.39, 0.29) is 0 Å². The third kappa shape index (κ3) is 4.54. The standard InChI is InChI=1S/C38H22N10/c1-39-28-18-20-32-30(22-28)29-21-27(36-40-23-41-37-45-35(46-48(36)37)26-15-9-4-10-16-26)17-19-31(29)47(32)38-43-33(24-11-5-2-6-12-24)42-34(44-38)25-13-7-3-8-14-25/h2-23H. The zero-order valence-corrected chi connectivity index (χ0v) is 25.2. The fourth-order valence-electron chi connectivity index (χ4n) is 5.96. The van der Waals surface area contributed by atoms with Gasteiger partial charge in [0.05, 0.1) is 17.6 Å². The zero-order chi connectivity index (χ0) is 32.0. The van der Waals surface area contributed by atoms with Gasteiger partial charge in [0, 0.05) is 27.6 Å². The highest BCUT2D eigenvalue weighted by molar-refractivity contribution is 6.11. The first-order chi connectivity index (χ1) is 23.7. The number of fused-ring (bicyclic) bond motifs is 4. The van der Waals surface area contributed by atoms with E-state index in [4.69, 9.17) is 26.6 Å². The molecule has 0 radical (unpaired) electrons. The second kappa shape index (κ2) is 11.0. The Balaban J connectivity index is 1.28. The summed E-state index contributed by atoms with van der Waals surface area (Å²) in [7, 11) is 0. The predicted octanol–water partition coefficient (Wildman–Crippen LogP) is 8.02. The second-order valence-electron chi connectivity index (χ2n) is 11.1. The molecule has 0 aliphatic rings. The zero-order valence-electron chi connectivity index (χ0n) is 25.2. The number of hydrogen-bond acceptors (Lipinski definition) is 7. The molecular formula is C38H22N10. The number of aromatic nitrogens is 9. The van der Waals surface area contributed by atoms with E-state index in [1.807, 2.05) is 126 Å². The lowest BCUT2D eigenvalue weighted by Gasteiger charge is -2.11. The van der Waals surface area contributed by atoms with Crippen LogP contribution in [0.2, 0.25) is 0 Å². The maximum absolute atomic E-state index is 7.73. The van der Waals surface area contributed by atoms with Crippen molar-refractivity contribution in [1.29, 1.82) is 0 Å². The summed E-state index contributed by atoms with van der Waals surface area (Å²) in [5.74, 6) is 3.20. The lowest BCUT2D eigenvalue weighted by molar-refractivity contribution is 0.905. The summed E-state index contributed by atoms with van der Waals surface area (Å²) in [5, 5.41) is 6.56. The van der Waals surface area contributed by atoms with Crippen molar-refractivity contribution in [2.75, 3.05) is 0 Å². The maximum atomic E-state index is 7.73. The number of nitrogens with zero attached hydrogens (tertiary/aromatic N) is 10. The third-order valence-corrected chi connectivity index (χ3v) is 8.20. The molecule has 10 nitrogen and oxygen atoms in total. The molecule has 0 bridgehead atoms. The molecule has 0 unspecified atom stereocenters. The summed E-state index contributed by atoms with van der Waals surface area (Å²) in [6.45, 7) is 7.73. The quantitative estimate of drug-likeness (QED) is 0.180. The maximum Gasteiger partial charge on any atom is 0.256 e. The number of rotatable bonds is 5. The summed E-state index contributed by atoms with van der Waals surface area (Å²) in [6, 6.07) is 41.3. The first kappa shape index (κ1) is 27.2. The summed E-state index contributed by atoms with van der Waals surface area (Å²) in [6.07, 6.45) is 1.50. The van der Waals surface area contributed by atoms with Gasteiger partial charge in [-0.05, 0) is 35.7 Å². The Morgan fingerprint density at radius 1 is 0.521 bits per heavy atom. The molecule has 0 atom stereocenters. The van der Waals surface area contributed by atoms with Crippen molar-refractivity contribution in [3.8, 4) is 51.5 Å². The predicted molar refractivity (Wildman–Crippen MR) is 184 cm³/mol. The first-order valence-corrected chi connectivity index (χ1v) is 15.2. The van der Waals surface area contributed by atoms with Crippen LogP contribution < -0.4 is 0 Å². The number of hydrogen-bond donors (Lipinski definition) is 0. The van der Waals surface area contributed by atoms with E-state index in [0.717, 1.165) is 44.1 Å². The Hall–Kier alpha value is -7.12. The Morgan fingerprint density at radius 3 is 1.73 bits per heavy atom. The molecule has 5 aromatic carbocycles. The van der Waals surface area contributed by atoms with Crippen molar-refractivity contribution in [3.05, 3.63) is 145 Å². The Morgan fingerprint density at radius 2 is 1.10 bits per heavy atom. The molecule has 0 saturated heterocycles. The average molecular weight is 619 g/mol. The van der Waals surface area contributed by atoms with Crippen LogP contribution in [0.1, 0.15) is 0 Å². The summed E-state index contributed by atoms with van der Waals surface area (Å²) < 4.78 is 3.69. The second-order valence-corrected chi connectivity index (χ2v) is 11.1. The van der Waals surface area contributed by atoms with Gasteiger partial charge in [-0.15, -0.1) is 5.10 Å². The van der Waals surface area contributed by atoms with Gasteiger partial charge in [0.25, 0.3) is 5.78 Å². The van der Waals surface area contributed by atoms with Gasteiger partial charge in [0.2, 0.25) is 5.95 Å². The highest BCUT2D eigenvalue weighted by atomic mass is 15.4. The lowest BCUT2D eigenvalue weighted by Crippen LogP contribution is -2.06. The van der Waals surface area contributed by atoms with Crippen LogP contribution in [0, 0.1) is 6.57 Å². The Bertz CT molecular complexity index is 2620. The van der Waals surface area contributed by atoms with Gasteiger partial charge in [-0.3, -0.25) is 4.57 Å². The minimum absolute atomic E-state index is 0.448. The van der Waals surface area contributed by atoms with E-state index in [2.05, 4.69) is 25.9 Å². The Labute approximate surface area is 273 Å². The van der Waals surface area contributed by atoms with Crippen LogP contribution in [-0.2, 0) is 0 Å². The van der Waals surface area contributed by atoms with Crippen LogP contribution in [0.4, 0.5) is 5.69 Å². The molecule has 48 heavy (non-hydrogen) atoms. The molecule has 224 valence electrons. The van der Waals surface area contributed by atoms with E-state index in [0.29, 0.717) is 40.7 Å². The van der Waals surface area contributed by atoms with Crippen LogP contribution in [0.3, 0.4) is 0 Å². The number of benzene rings is 5. The highest BCUT2D eigenvalue weighted by Gasteiger charge is 2.20. The van der Waals surface area contributed by atoms with Gasteiger partial charge in [-0.1, -0.05) is 97.1 Å². The highest BCUT2D eigenvalue weighted by Crippen LogP contribution is 2.36. The fourth-order valence-corrected chi connectivity index (χ4v) is 5.96. The molecule has 0 aliphatic carbocycles. The van der Waals surface area contributed by atoms with E-state index in [9.17, 15) is 0 Å². The van der Waals surface area contributed by atoms with Crippen LogP contribution in [0.5, 0.6) is 0 Å². The molecule has 0 fully saturated rings. The van der Waals surface area contributed by atoms with Crippen LogP contribution >= 0.6 is 0 Å². The van der Waals surface area contributed by atoms with Gasteiger partial charge in [0.1, 0.15) is 6.33 Å². The molecule has 0 saturated carbocycles. The molecule has 0 amide bonds. The minimum Gasteiger partial charge on any atom is -0.278 e. The van der Waals surface area contributed by atoms with Crippen LogP contribution in [0.15, 0.2) is 134 Å². The summed E-state index contributed by atoms with van der Waals surface area (Å²) in [5.41, 5.74) is 5.73. The molecule has 0 N–H and O–H groups in total. The molecule has 4 heterocycles. The van der Waals surface area contributed by atoms with Gasteiger partial charge in [-0.2, -0.15) is 24.5 Å². The SMILES string of the molecule is [C-]#[N+]c1ccc2c(c1)c1cc(-c3ncnc4nc(-c5ccccc5)nn34)ccc1n2-c1nc(-c2ccccc2)nc(-c2ccccc2)n1. The van der Waals surface area contributed by atoms with Gasteiger partial charge in [-0.25, -0.2) is 14.8 Å². The molecule has 0 aliphatic heterocycles. The normalized spacial score (nSPS) is 11.3. The first-order valence-electron chi connectivity index (χ1n) is 15.2. The largest absolute Gasteiger partial charge is 0.278 e. The Kier molecular flexibility index (Phi) is 6.26. The topological polar surface area (TPSA) is 104 Å². The molecule has 9 rings (SSSR count). The smallest absolute Gasteiger partial charge is 0.256 e. The van der Waals surface area contributed by atoms with Crippen molar-refractivity contribution in [1.82, 2.24) is 44.1 Å². The fraction of sp³-hybridized carbons (Fsp3) is 0. The van der Waals surface area contributed by atoms with Crippen molar-refractivity contribution >= 4 is 33.3 Å². The van der Waals surface area contributed by atoms with Crippen LogP contribution in [-0.4, -0.2) is 44.1 Å². The van der Waals surface area contributed by atoms with E-state index < -0.39 is 0 Å². The van der Waals surface area contributed by atoms with E-state index in [1.54, 1.807) is 4.52 Å². The molecule has 10 heteroatoms. The van der Waals surface area contributed by atoms with Crippen molar-refractivity contribution in [3.63, 3.8) is 0 Å². The van der Waals surface area contributed by atoms with Crippen LogP contribution in [0.25, 0.3) is 83.9 Å². The average Bonchev–Trinajstić information content (AvgIpc) is 3.75. The lowest BCUT2D eigenvalue weighted by atomic mass is 10.1. The monoisotopic (exact) mass is 618 g/mol. The third-order valence-electron chi connectivity index (χ3n) is 8.20. The van der Waals surface area contributed by atoms with Crippen molar-refractivity contribution < 1.29 is 0 Å². The van der Waals surface area contributed by atoms with E-state index >= 15 is 0 Å². The summed E-state index contributed by atoms with van der Waals surface area (Å²) >= 11 is 0. The molecule has 4 aromatic heterocycles. The molecule has 0 spiro atoms. The van der Waals surface area contributed by atoms with Gasteiger partial charge >= 0.3 is 0 Å². The van der Waals surface area contributed by atoms with Gasteiger partial charge < -0.3 is 0 Å². The van der Waals surface area contributed by atoms with E-state index in [1.165, 1.54) is 6.33 Å². The van der Waals surface area contributed by atoms with Crippen molar-refractivity contribution in [2.24, 2.45) is 0 Å². The molecular weight excluding hydrogens is 596 g/mol. The molecule has 9 aromatic rings.